The number of aromatic hydroxyl groups is 1. The van der Waals surface area contributed by atoms with Gasteiger partial charge in [0.25, 0.3) is 5.91 Å². The van der Waals surface area contributed by atoms with Crippen LogP contribution in [0.2, 0.25) is 0 Å². The molecule has 1 N–H and O–H groups in total. The topological polar surface area (TPSA) is 62.1 Å². The zero-order valence-electron chi connectivity index (χ0n) is 18.4. The average molecular weight is 586 g/mol. The van der Waals surface area contributed by atoms with E-state index in [1.165, 1.54) is 50.3 Å². The first-order valence-corrected chi connectivity index (χ1v) is 14.0. The van der Waals surface area contributed by atoms with Crippen molar-refractivity contribution in [3.8, 4) is 11.5 Å². The van der Waals surface area contributed by atoms with Gasteiger partial charge in [-0.15, -0.1) is 0 Å². The summed E-state index contributed by atoms with van der Waals surface area (Å²) < 4.78 is 6.80. The lowest BCUT2D eigenvalue weighted by atomic mass is 9.94. The van der Waals surface area contributed by atoms with Crippen LogP contribution in [0.5, 0.6) is 11.5 Å². The molecule has 0 bridgehead atoms. The number of phenolic OH excluding ortho intramolecular Hbond substituents is 1. The highest BCUT2D eigenvalue weighted by Gasteiger charge is 2.39. The minimum Gasteiger partial charge on any atom is -0.503 e. The van der Waals surface area contributed by atoms with E-state index >= 15 is 0 Å². The van der Waals surface area contributed by atoms with Gasteiger partial charge in [-0.3, -0.25) is 14.7 Å². The number of nitrogens with zero attached hydrogens (tertiary/aromatic N) is 2. The fraction of sp³-hybridized carbons (Fsp3) is 0.583. The molecule has 0 atom stereocenters. The van der Waals surface area contributed by atoms with Crippen LogP contribution in [-0.4, -0.2) is 39.8 Å². The highest BCUT2D eigenvalue weighted by atomic mass is 79.9. The van der Waals surface area contributed by atoms with Crippen molar-refractivity contribution in [3.63, 3.8) is 0 Å². The molecule has 174 valence electrons. The quantitative estimate of drug-likeness (QED) is 0.370. The van der Waals surface area contributed by atoms with Crippen LogP contribution in [0.1, 0.15) is 76.7 Å². The van der Waals surface area contributed by atoms with Gasteiger partial charge in [0.05, 0.1) is 22.0 Å². The van der Waals surface area contributed by atoms with Gasteiger partial charge in [-0.05, 0) is 93.9 Å². The predicted molar refractivity (Wildman–Crippen MR) is 138 cm³/mol. The van der Waals surface area contributed by atoms with Gasteiger partial charge >= 0.3 is 0 Å². The SMILES string of the molecule is CCOc1cc(C=C2SC(=NC3CCCCC3)N(C3CCCCC3)C2=O)c(Br)c(Br)c1O. The van der Waals surface area contributed by atoms with Crippen LogP contribution in [0.3, 0.4) is 0 Å². The van der Waals surface area contributed by atoms with Crippen molar-refractivity contribution >= 4 is 60.8 Å². The largest absolute Gasteiger partial charge is 0.503 e. The number of phenols is 1. The molecule has 3 aliphatic rings. The number of benzene rings is 1. The summed E-state index contributed by atoms with van der Waals surface area (Å²) >= 11 is 8.49. The van der Waals surface area contributed by atoms with E-state index in [2.05, 4.69) is 31.9 Å². The molecule has 5 nitrogen and oxygen atoms in total. The molecule has 0 spiro atoms. The third kappa shape index (κ3) is 5.22. The van der Waals surface area contributed by atoms with Crippen LogP contribution in [0.25, 0.3) is 6.08 Å². The normalized spacial score (nSPS) is 23.5. The van der Waals surface area contributed by atoms with E-state index < -0.39 is 0 Å². The summed E-state index contributed by atoms with van der Waals surface area (Å²) in [5.41, 5.74) is 0.788. The summed E-state index contributed by atoms with van der Waals surface area (Å²) in [5.74, 6) is 0.491. The van der Waals surface area contributed by atoms with Crippen LogP contribution in [0, 0.1) is 0 Å². The van der Waals surface area contributed by atoms with Crippen molar-refractivity contribution in [2.45, 2.75) is 83.2 Å². The highest BCUT2D eigenvalue weighted by Crippen LogP contribution is 2.44. The maximum absolute atomic E-state index is 13.6. The maximum Gasteiger partial charge on any atom is 0.267 e. The number of amides is 1. The second kappa shape index (κ2) is 11.0. The molecule has 1 saturated heterocycles. The molecule has 1 amide bonds. The molecule has 1 aromatic rings. The van der Waals surface area contributed by atoms with E-state index in [1.54, 1.807) is 6.07 Å². The molecule has 2 aliphatic carbocycles. The number of hydrogen-bond donors (Lipinski definition) is 1. The van der Waals surface area contributed by atoms with Crippen molar-refractivity contribution in [2.24, 2.45) is 4.99 Å². The first-order chi connectivity index (χ1) is 15.5. The van der Waals surface area contributed by atoms with E-state index in [0.717, 1.165) is 36.4 Å². The summed E-state index contributed by atoms with van der Waals surface area (Å²) in [5, 5.41) is 11.2. The van der Waals surface area contributed by atoms with Crippen LogP contribution in [0.15, 0.2) is 24.9 Å². The van der Waals surface area contributed by atoms with Gasteiger partial charge in [0, 0.05) is 10.5 Å². The number of halogens is 2. The number of thioether (sulfide) groups is 1. The zero-order valence-corrected chi connectivity index (χ0v) is 22.4. The van der Waals surface area contributed by atoms with Crippen molar-refractivity contribution in [1.82, 2.24) is 4.90 Å². The Morgan fingerprint density at radius 1 is 1.12 bits per heavy atom. The Hall–Kier alpha value is -0.990. The average Bonchev–Trinajstić information content (AvgIpc) is 3.11. The van der Waals surface area contributed by atoms with E-state index in [9.17, 15) is 9.90 Å². The standard InChI is InChI=1S/C24H30Br2N2O3S/c1-2-31-18-13-15(20(25)21(26)22(18)29)14-19-23(30)28(17-11-7-4-8-12-17)24(32-19)27-16-9-5-3-6-10-16/h13-14,16-17,29H,2-12H2,1H3. The summed E-state index contributed by atoms with van der Waals surface area (Å²) in [6.45, 7) is 2.32. The first-order valence-electron chi connectivity index (χ1n) is 11.6. The second-order valence-corrected chi connectivity index (χ2v) is 11.2. The molecule has 4 rings (SSSR count). The highest BCUT2D eigenvalue weighted by molar-refractivity contribution is 9.13. The molecular formula is C24H30Br2N2O3S. The lowest BCUT2D eigenvalue weighted by Crippen LogP contribution is -2.41. The number of carbonyl (C=O) groups is 1. The van der Waals surface area contributed by atoms with E-state index in [-0.39, 0.29) is 17.7 Å². The Bertz CT molecular complexity index is 922. The maximum atomic E-state index is 13.6. The Labute approximate surface area is 211 Å². The van der Waals surface area contributed by atoms with Crippen molar-refractivity contribution in [2.75, 3.05) is 6.61 Å². The molecule has 32 heavy (non-hydrogen) atoms. The minimum atomic E-state index is 0.0468. The predicted octanol–water partition coefficient (Wildman–Crippen LogP) is 7.25. The molecule has 2 saturated carbocycles. The molecule has 0 radical (unpaired) electrons. The first kappa shape index (κ1) is 24.1. The van der Waals surface area contributed by atoms with Gasteiger partial charge in [0.1, 0.15) is 0 Å². The number of ether oxygens (including phenoxy) is 1. The molecule has 1 aliphatic heterocycles. The number of rotatable bonds is 5. The number of aliphatic imine (C=N–C) groups is 1. The van der Waals surface area contributed by atoms with Gasteiger partial charge < -0.3 is 9.84 Å². The van der Waals surface area contributed by atoms with Crippen LogP contribution in [0.4, 0.5) is 0 Å². The third-order valence-corrected chi connectivity index (χ3v) is 9.56. The zero-order chi connectivity index (χ0) is 22.7. The lowest BCUT2D eigenvalue weighted by molar-refractivity contribution is -0.124. The smallest absolute Gasteiger partial charge is 0.267 e. The van der Waals surface area contributed by atoms with E-state index in [1.807, 2.05) is 17.9 Å². The Morgan fingerprint density at radius 3 is 2.44 bits per heavy atom. The fourth-order valence-electron chi connectivity index (χ4n) is 4.73. The monoisotopic (exact) mass is 584 g/mol. The Morgan fingerprint density at radius 2 is 1.78 bits per heavy atom. The summed E-state index contributed by atoms with van der Waals surface area (Å²) in [6.07, 6.45) is 13.5. The van der Waals surface area contributed by atoms with Crippen molar-refractivity contribution in [1.29, 1.82) is 0 Å². The van der Waals surface area contributed by atoms with Gasteiger partial charge in [0.15, 0.2) is 16.7 Å². The Balaban J connectivity index is 1.69. The summed E-state index contributed by atoms with van der Waals surface area (Å²) in [7, 11) is 0. The van der Waals surface area contributed by atoms with E-state index in [4.69, 9.17) is 9.73 Å². The van der Waals surface area contributed by atoms with Crippen molar-refractivity contribution < 1.29 is 14.6 Å². The number of carbonyl (C=O) groups excluding carboxylic acids is 1. The molecule has 3 fully saturated rings. The molecule has 0 aromatic heterocycles. The van der Waals surface area contributed by atoms with Crippen LogP contribution >= 0.6 is 43.6 Å². The molecular weight excluding hydrogens is 556 g/mol. The molecule has 1 heterocycles. The van der Waals surface area contributed by atoms with Crippen LogP contribution in [-0.2, 0) is 4.79 Å². The summed E-state index contributed by atoms with van der Waals surface area (Å²) in [4.78, 5) is 21.3. The van der Waals surface area contributed by atoms with E-state index in [0.29, 0.717) is 32.2 Å². The van der Waals surface area contributed by atoms with Gasteiger partial charge in [-0.2, -0.15) is 0 Å². The minimum absolute atomic E-state index is 0.0468. The van der Waals surface area contributed by atoms with Gasteiger partial charge in [0.2, 0.25) is 0 Å². The van der Waals surface area contributed by atoms with Crippen LogP contribution < -0.4 is 4.74 Å². The molecule has 0 unspecified atom stereocenters. The third-order valence-electron chi connectivity index (χ3n) is 6.40. The fourth-order valence-corrected chi connectivity index (χ4v) is 6.67. The molecule has 8 heteroatoms. The second-order valence-electron chi connectivity index (χ2n) is 8.65. The van der Waals surface area contributed by atoms with Crippen molar-refractivity contribution in [3.05, 3.63) is 25.5 Å². The molecule has 1 aromatic carbocycles. The van der Waals surface area contributed by atoms with Gasteiger partial charge in [-0.1, -0.05) is 38.5 Å². The number of hydrogen-bond acceptors (Lipinski definition) is 5. The summed E-state index contributed by atoms with van der Waals surface area (Å²) in [6, 6.07) is 2.34. The van der Waals surface area contributed by atoms with Gasteiger partial charge in [-0.25, -0.2) is 0 Å². The number of amidine groups is 1. The Kier molecular flexibility index (Phi) is 8.27. The lowest BCUT2D eigenvalue weighted by Gasteiger charge is -2.31.